The fourth-order valence-electron chi connectivity index (χ4n) is 1.23. The summed E-state index contributed by atoms with van der Waals surface area (Å²) in [5, 5.41) is 9.14. The van der Waals surface area contributed by atoms with Crippen LogP contribution in [0.25, 0.3) is 0 Å². The van der Waals surface area contributed by atoms with E-state index in [1.807, 2.05) is 0 Å². The predicted molar refractivity (Wildman–Crippen MR) is 61.2 cm³/mol. The highest BCUT2D eigenvalue weighted by atomic mass is 32.2. The molecule has 0 bridgehead atoms. The standard InChI is InChI=1S/C8H9N3O2S2/c9-15(12,13)8-4-2-1-3-7(8)11-10-5-6-14-11/h1-5H,6H2,(H2,9,12,13). The molecule has 0 unspecified atom stereocenters. The van der Waals surface area contributed by atoms with Crippen LogP contribution < -0.4 is 9.55 Å². The molecule has 80 valence electrons. The average molecular weight is 243 g/mol. The topological polar surface area (TPSA) is 75.8 Å². The highest BCUT2D eigenvalue weighted by Crippen LogP contribution is 2.30. The van der Waals surface area contributed by atoms with Gasteiger partial charge in [-0.25, -0.2) is 18.0 Å². The molecule has 7 heteroatoms. The van der Waals surface area contributed by atoms with Crippen molar-refractivity contribution in [2.24, 2.45) is 10.2 Å². The first-order chi connectivity index (χ1) is 7.09. The zero-order chi connectivity index (χ0) is 10.9. The lowest BCUT2D eigenvalue weighted by atomic mass is 10.3. The van der Waals surface area contributed by atoms with E-state index in [2.05, 4.69) is 5.10 Å². The van der Waals surface area contributed by atoms with Crippen LogP contribution in [0.1, 0.15) is 0 Å². The lowest BCUT2D eigenvalue weighted by Gasteiger charge is -2.14. The monoisotopic (exact) mass is 243 g/mol. The number of benzene rings is 1. The van der Waals surface area contributed by atoms with E-state index in [9.17, 15) is 8.42 Å². The Morgan fingerprint density at radius 3 is 2.73 bits per heavy atom. The van der Waals surface area contributed by atoms with Crippen molar-refractivity contribution in [3.63, 3.8) is 0 Å². The molecule has 0 aromatic heterocycles. The van der Waals surface area contributed by atoms with Crippen molar-refractivity contribution in [1.29, 1.82) is 0 Å². The van der Waals surface area contributed by atoms with Crippen molar-refractivity contribution < 1.29 is 8.42 Å². The Kier molecular flexibility index (Phi) is 2.68. The predicted octanol–water partition coefficient (Wildman–Crippen LogP) is 0.788. The summed E-state index contributed by atoms with van der Waals surface area (Å²) in [4.78, 5) is 0.0940. The number of rotatable bonds is 2. The maximum absolute atomic E-state index is 11.3. The molecule has 1 heterocycles. The molecule has 0 saturated carbocycles. The molecule has 0 fully saturated rings. The third-order valence-electron chi connectivity index (χ3n) is 1.84. The smallest absolute Gasteiger partial charge is 0.225 e. The fraction of sp³-hybridized carbons (Fsp3) is 0.125. The number of anilines is 1. The maximum atomic E-state index is 11.3. The number of primary sulfonamides is 1. The second-order valence-electron chi connectivity index (χ2n) is 2.88. The summed E-state index contributed by atoms with van der Waals surface area (Å²) in [6.45, 7) is 0. The SMILES string of the molecule is NS(=O)(=O)c1ccccc1N1N=CCS1. The van der Waals surface area contributed by atoms with Crippen LogP contribution in [-0.2, 0) is 10.0 Å². The van der Waals surface area contributed by atoms with Gasteiger partial charge in [0.15, 0.2) is 0 Å². The summed E-state index contributed by atoms with van der Waals surface area (Å²) in [5.41, 5.74) is 0.499. The average Bonchev–Trinajstić information content (AvgIpc) is 2.69. The molecule has 0 saturated heterocycles. The van der Waals surface area contributed by atoms with Crippen LogP contribution in [0.5, 0.6) is 0 Å². The molecule has 2 N–H and O–H groups in total. The Morgan fingerprint density at radius 2 is 2.13 bits per heavy atom. The zero-order valence-corrected chi connectivity index (χ0v) is 9.33. The van der Waals surface area contributed by atoms with Crippen LogP contribution in [0.2, 0.25) is 0 Å². The first kappa shape index (κ1) is 10.5. The summed E-state index contributed by atoms with van der Waals surface area (Å²) in [6.07, 6.45) is 1.71. The van der Waals surface area contributed by atoms with E-state index in [0.29, 0.717) is 5.69 Å². The second-order valence-corrected chi connectivity index (χ2v) is 5.35. The number of hydrazone groups is 1. The second kappa shape index (κ2) is 3.84. The Labute approximate surface area is 92.1 Å². The number of sulfonamides is 1. The summed E-state index contributed by atoms with van der Waals surface area (Å²) in [7, 11) is -3.70. The summed E-state index contributed by atoms with van der Waals surface area (Å²) in [6, 6.07) is 6.53. The van der Waals surface area contributed by atoms with Crippen molar-refractivity contribution in [3.05, 3.63) is 24.3 Å². The normalized spacial score (nSPS) is 15.9. The summed E-state index contributed by atoms with van der Waals surface area (Å²) < 4.78 is 24.2. The molecule has 0 spiro atoms. The zero-order valence-electron chi connectivity index (χ0n) is 7.70. The largest absolute Gasteiger partial charge is 0.240 e. The number of hydrogen-bond donors (Lipinski definition) is 1. The van der Waals surface area contributed by atoms with Gasteiger partial charge in [0.2, 0.25) is 10.0 Å². The van der Waals surface area contributed by atoms with E-state index in [4.69, 9.17) is 5.14 Å². The Morgan fingerprint density at radius 1 is 1.40 bits per heavy atom. The van der Waals surface area contributed by atoms with Gasteiger partial charge in [0.1, 0.15) is 4.90 Å². The highest BCUT2D eigenvalue weighted by molar-refractivity contribution is 8.01. The van der Waals surface area contributed by atoms with E-state index >= 15 is 0 Å². The highest BCUT2D eigenvalue weighted by Gasteiger charge is 2.19. The molecule has 0 radical (unpaired) electrons. The van der Waals surface area contributed by atoms with Gasteiger partial charge in [-0.3, -0.25) is 0 Å². The maximum Gasteiger partial charge on any atom is 0.240 e. The lowest BCUT2D eigenvalue weighted by Crippen LogP contribution is -2.16. The molecule has 2 rings (SSSR count). The van der Waals surface area contributed by atoms with Crippen LogP contribution in [0.15, 0.2) is 34.3 Å². The molecule has 0 atom stereocenters. The van der Waals surface area contributed by atoms with Gasteiger partial charge >= 0.3 is 0 Å². The van der Waals surface area contributed by atoms with E-state index in [1.54, 1.807) is 28.8 Å². The molecule has 15 heavy (non-hydrogen) atoms. The summed E-state index contributed by atoms with van der Waals surface area (Å²) >= 11 is 1.42. The summed E-state index contributed by atoms with van der Waals surface area (Å²) in [5.74, 6) is 0.735. The molecular formula is C8H9N3O2S2. The van der Waals surface area contributed by atoms with Crippen LogP contribution in [-0.4, -0.2) is 20.4 Å². The van der Waals surface area contributed by atoms with E-state index in [0.717, 1.165) is 5.75 Å². The molecule has 1 aromatic rings. The van der Waals surface area contributed by atoms with Crippen LogP contribution >= 0.6 is 11.9 Å². The van der Waals surface area contributed by atoms with Crippen LogP contribution in [0, 0.1) is 0 Å². The van der Waals surface area contributed by atoms with E-state index in [1.165, 1.54) is 18.0 Å². The lowest BCUT2D eigenvalue weighted by molar-refractivity contribution is 0.598. The van der Waals surface area contributed by atoms with Gasteiger partial charge in [-0.15, -0.1) is 0 Å². The Bertz CT molecular complexity index is 498. The van der Waals surface area contributed by atoms with Gasteiger partial charge < -0.3 is 0 Å². The van der Waals surface area contributed by atoms with E-state index < -0.39 is 10.0 Å². The Hall–Kier alpha value is -1.05. The minimum Gasteiger partial charge on any atom is -0.225 e. The van der Waals surface area contributed by atoms with Gasteiger partial charge in [-0.2, -0.15) is 5.10 Å². The molecule has 5 nitrogen and oxygen atoms in total. The van der Waals surface area contributed by atoms with Gasteiger partial charge in [-0.1, -0.05) is 12.1 Å². The van der Waals surface area contributed by atoms with Crippen molar-refractivity contribution in [1.82, 2.24) is 0 Å². The van der Waals surface area contributed by atoms with Gasteiger partial charge in [0, 0.05) is 6.21 Å². The number of hydrogen-bond acceptors (Lipinski definition) is 5. The molecule has 1 aliphatic rings. The molecule has 1 aromatic carbocycles. The minimum absolute atomic E-state index is 0.0940. The number of nitrogens with zero attached hydrogens (tertiary/aromatic N) is 2. The molecule has 0 amide bonds. The van der Waals surface area contributed by atoms with Crippen LogP contribution in [0.4, 0.5) is 5.69 Å². The molecule has 0 aliphatic carbocycles. The number of para-hydroxylation sites is 1. The van der Waals surface area contributed by atoms with Gasteiger partial charge in [-0.05, 0) is 24.1 Å². The van der Waals surface area contributed by atoms with Gasteiger partial charge in [0.05, 0.1) is 11.4 Å². The van der Waals surface area contributed by atoms with Crippen molar-refractivity contribution >= 4 is 33.9 Å². The van der Waals surface area contributed by atoms with Crippen molar-refractivity contribution in [2.45, 2.75) is 4.90 Å². The third kappa shape index (κ3) is 2.14. The van der Waals surface area contributed by atoms with Crippen molar-refractivity contribution in [2.75, 3.05) is 10.2 Å². The molecular weight excluding hydrogens is 234 g/mol. The first-order valence-corrected chi connectivity index (χ1v) is 6.65. The van der Waals surface area contributed by atoms with Crippen molar-refractivity contribution in [3.8, 4) is 0 Å². The first-order valence-electron chi connectivity index (χ1n) is 4.16. The Balaban J connectivity index is 2.51. The van der Waals surface area contributed by atoms with Gasteiger partial charge in [0.25, 0.3) is 0 Å². The van der Waals surface area contributed by atoms with E-state index in [-0.39, 0.29) is 4.90 Å². The fourth-order valence-corrected chi connectivity index (χ4v) is 2.71. The minimum atomic E-state index is -3.70. The third-order valence-corrected chi connectivity index (χ3v) is 3.63. The van der Waals surface area contributed by atoms with Crippen LogP contribution in [0.3, 0.4) is 0 Å². The number of nitrogens with two attached hydrogens (primary N) is 1. The molecule has 1 aliphatic heterocycles. The quantitative estimate of drug-likeness (QED) is 0.779.